The molecule has 0 saturated heterocycles. The van der Waals surface area contributed by atoms with Gasteiger partial charge in [0.15, 0.2) is 11.8 Å². The van der Waals surface area contributed by atoms with Crippen LogP contribution in [0.5, 0.6) is 0 Å². The molecule has 0 spiro atoms. The van der Waals surface area contributed by atoms with Crippen molar-refractivity contribution in [1.82, 2.24) is 20.8 Å². The van der Waals surface area contributed by atoms with Crippen LogP contribution < -0.4 is 10.6 Å². The number of allylic oxidation sites excluding steroid dienone is 1. The van der Waals surface area contributed by atoms with Gasteiger partial charge in [0.1, 0.15) is 6.54 Å². The number of guanidine groups is 1. The van der Waals surface area contributed by atoms with E-state index in [2.05, 4.69) is 38.8 Å². The summed E-state index contributed by atoms with van der Waals surface area (Å²) < 4.78 is 5.06. The summed E-state index contributed by atoms with van der Waals surface area (Å²) in [7, 11) is 0. The molecule has 0 bridgehead atoms. The van der Waals surface area contributed by atoms with Gasteiger partial charge in [0.2, 0.25) is 5.89 Å². The molecule has 6 nitrogen and oxygen atoms in total. The molecule has 2 N–H and O–H groups in total. The summed E-state index contributed by atoms with van der Waals surface area (Å²) >= 11 is 0. The molecular weight excluding hydrogens is 266 g/mol. The third-order valence-corrected chi connectivity index (χ3v) is 3.41. The third kappa shape index (κ3) is 5.57. The van der Waals surface area contributed by atoms with E-state index >= 15 is 0 Å². The number of nitrogens with zero attached hydrogens (tertiary/aromatic N) is 3. The maximum absolute atomic E-state index is 5.06. The molecule has 116 valence electrons. The molecule has 0 aromatic carbocycles. The number of rotatable bonds is 6. The van der Waals surface area contributed by atoms with Crippen LogP contribution in [-0.2, 0) is 6.54 Å². The van der Waals surface area contributed by atoms with E-state index in [0.29, 0.717) is 18.3 Å². The molecule has 0 radical (unpaired) electrons. The van der Waals surface area contributed by atoms with E-state index in [4.69, 9.17) is 4.52 Å². The van der Waals surface area contributed by atoms with Crippen LogP contribution in [0.1, 0.15) is 50.7 Å². The second kappa shape index (κ2) is 8.44. The predicted molar refractivity (Wildman–Crippen MR) is 83.0 cm³/mol. The fourth-order valence-corrected chi connectivity index (χ4v) is 2.37. The monoisotopic (exact) mass is 291 g/mol. The zero-order valence-corrected chi connectivity index (χ0v) is 13.0. The van der Waals surface area contributed by atoms with Gasteiger partial charge in [-0.1, -0.05) is 16.8 Å². The summed E-state index contributed by atoms with van der Waals surface area (Å²) in [6.07, 6.45) is 8.62. The average Bonchev–Trinajstić information content (AvgIpc) is 2.91. The maximum Gasteiger partial charge on any atom is 0.248 e. The fraction of sp³-hybridized carbons (Fsp3) is 0.667. The van der Waals surface area contributed by atoms with Gasteiger partial charge in [-0.3, -0.25) is 0 Å². The first kappa shape index (κ1) is 15.5. The first-order chi connectivity index (χ1) is 10.3. The first-order valence-corrected chi connectivity index (χ1v) is 7.77. The molecule has 0 aliphatic heterocycles. The Hall–Kier alpha value is -1.85. The number of hydrogen-bond acceptors (Lipinski definition) is 4. The molecule has 6 heteroatoms. The highest BCUT2D eigenvalue weighted by Crippen LogP contribution is 2.19. The molecule has 1 aromatic heterocycles. The van der Waals surface area contributed by atoms with Crippen LogP contribution in [-0.4, -0.2) is 29.2 Å². The third-order valence-electron chi connectivity index (χ3n) is 3.41. The van der Waals surface area contributed by atoms with Crippen LogP contribution in [0.25, 0.3) is 0 Å². The van der Waals surface area contributed by atoms with Crippen molar-refractivity contribution in [2.45, 2.75) is 52.5 Å². The summed E-state index contributed by atoms with van der Waals surface area (Å²) in [4.78, 5) is 8.61. The van der Waals surface area contributed by atoms with Gasteiger partial charge in [0.25, 0.3) is 0 Å². The standard InChI is InChI=1S/C15H25N5O/c1-3-16-15(18-11-14-19-12(2)20-21-14)17-10-9-13-7-5-4-6-8-13/h7H,3-6,8-11H2,1-2H3,(H2,16,17,18). The highest BCUT2D eigenvalue weighted by Gasteiger charge is 2.05. The Balaban J connectivity index is 1.79. The number of aliphatic imine (C=N–C) groups is 1. The zero-order valence-electron chi connectivity index (χ0n) is 13.0. The molecule has 1 aliphatic carbocycles. The highest BCUT2D eigenvalue weighted by molar-refractivity contribution is 5.79. The van der Waals surface area contributed by atoms with E-state index in [1.165, 1.54) is 25.7 Å². The Morgan fingerprint density at radius 3 is 2.95 bits per heavy atom. The molecule has 1 aromatic rings. The van der Waals surface area contributed by atoms with Crippen LogP contribution in [0, 0.1) is 6.92 Å². The molecule has 0 fully saturated rings. The summed E-state index contributed by atoms with van der Waals surface area (Å²) in [6.45, 7) is 5.99. The van der Waals surface area contributed by atoms with Gasteiger partial charge < -0.3 is 15.2 Å². The van der Waals surface area contributed by atoms with Gasteiger partial charge in [0.05, 0.1) is 0 Å². The van der Waals surface area contributed by atoms with E-state index < -0.39 is 0 Å². The summed E-state index contributed by atoms with van der Waals surface area (Å²) in [6, 6.07) is 0. The Morgan fingerprint density at radius 1 is 1.38 bits per heavy atom. The van der Waals surface area contributed by atoms with Crippen LogP contribution in [0.4, 0.5) is 0 Å². The van der Waals surface area contributed by atoms with Crippen molar-refractivity contribution in [2.24, 2.45) is 4.99 Å². The maximum atomic E-state index is 5.06. The second-order valence-electron chi connectivity index (χ2n) is 5.22. The van der Waals surface area contributed by atoms with Crippen molar-refractivity contribution in [3.05, 3.63) is 23.4 Å². The first-order valence-electron chi connectivity index (χ1n) is 7.77. The number of nitrogens with one attached hydrogen (secondary N) is 2. The SMILES string of the molecule is CCNC(=NCc1nc(C)no1)NCCC1=CCCCC1. The van der Waals surface area contributed by atoms with Gasteiger partial charge in [0, 0.05) is 13.1 Å². The average molecular weight is 291 g/mol. The second-order valence-corrected chi connectivity index (χ2v) is 5.22. The quantitative estimate of drug-likeness (QED) is 0.478. The van der Waals surface area contributed by atoms with Crippen molar-refractivity contribution in [1.29, 1.82) is 0 Å². The molecule has 0 amide bonds. The van der Waals surface area contributed by atoms with Crippen molar-refractivity contribution in [3.63, 3.8) is 0 Å². The Labute approximate surface area is 126 Å². The van der Waals surface area contributed by atoms with Crippen molar-refractivity contribution >= 4 is 5.96 Å². The molecule has 0 unspecified atom stereocenters. The minimum absolute atomic E-state index is 0.402. The van der Waals surface area contributed by atoms with Gasteiger partial charge in [-0.2, -0.15) is 4.98 Å². The predicted octanol–water partition coefficient (Wildman–Crippen LogP) is 2.32. The van der Waals surface area contributed by atoms with E-state index in [0.717, 1.165) is 25.5 Å². The Kier molecular flexibility index (Phi) is 6.24. The minimum atomic E-state index is 0.402. The van der Waals surface area contributed by atoms with Crippen molar-refractivity contribution < 1.29 is 4.52 Å². The van der Waals surface area contributed by atoms with E-state index in [1.54, 1.807) is 12.5 Å². The van der Waals surface area contributed by atoms with Gasteiger partial charge in [-0.05, 0) is 46.0 Å². The molecule has 1 heterocycles. The van der Waals surface area contributed by atoms with E-state index in [1.807, 2.05) is 0 Å². The lowest BCUT2D eigenvalue weighted by atomic mass is 9.97. The fourth-order valence-electron chi connectivity index (χ4n) is 2.37. The smallest absolute Gasteiger partial charge is 0.248 e. The number of aryl methyl sites for hydroxylation is 1. The Morgan fingerprint density at radius 2 is 2.29 bits per heavy atom. The topological polar surface area (TPSA) is 75.3 Å². The lowest BCUT2D eigenvalue weighted by Gasteiger charge is -2.14. The lowest BCUT2D eigenvalue weighted by Crippen LogP contribution is -2.37. The summed E-state index contributed by atoms with van der Waals surface area (Å²) in [5.74, 6) is 1.98. The number of hydrogen-bond donors (Lipinski definition) is 2. The molecular formula is C15H25N5O. The van der Waals surface area contributed by atoms with E-state index in [9.17, 15) is 0 Å². The highest BCUT2D eigenvalue weighted by atomic mass is 16.5. The molecule has 0 atom stereocenters. The van der Waals surface area contributed by atoms with Crippen LogP contribution >= 0.6 is 0 Å². The van der Waals surface area contributed by atoms with Gasteiger partial charge >= 0.3 is 0 Å². The van der Waals surface area contributed by atoms with Gasteiger partial charge in [-0.25, -0.2) is 4.99 Å². The summed E-state index contributed by atoms with van der Waals surface area (Å²) in [5.41, 5.74) is 1.57. The zero-order chi connectivity index (χ0) is 14.9. The number of aromatic nitrogens is 2. The minimum Gasteiger partial charge on any atom is -0.357 e. The molecule has 2 rings (SSSR count). The van der Waals surface area contributed by atoms with Crippen molar-refractivity contribution in [3.8, 4) is 0 Å². The Bertz CT molecular complexity index is 492. The van der Waals surface area contributed by atoms with Crippen LogP contribution in [0.15, 0.2) is 21.2 Å². The lowest BCUT2D eigenvalue weighted by molar-refractivity contribution is 0.376. The molecule has 0 saturated carbocycles. The van der Waals surface area contributed by atoms with E-state index in [-0.39, 0.29) is 0 Å². The summed E-state index contributed by atoms with van der Waals surface area (Å²) in [5, 5.41) is 10.3. The van der Waals surface area contributed by atoms with Gasteiger partial charge in [-0.15, -0.1) is 0 Å². The van der Waals surface area contributed by atoms with Crippen LogP contribution in [0.2, 0.25) is 0 Å². The largest absolute Gasteiger partial charge is 0.357 e. The molecule has 1 aliphatic rings. The van der Waals surface area contributed by atoms with Crippen molar-refractivity contribution in [2.75, 3.05) is 13.1 Å². The normalized spacial score (nSPS) is 15.7. The molecule has 21 heavy (non-hydrogen) atoms. The van der Waals surface area contributed by atoms with Crippen LogP contribution in [0.3, 0.4) is 0 Å².